The summed E-state index contributed by atoms with van der Waals surface area (Å²) in [6, 6.07) is 8.39. The van der Waals surface area contributed by atoms with Gasteiger partial charge in [-0.3, -0.25) is 4.98 Å². The lowest BCUT2D eigenvalue weighted by Gasteiger charge is -2.15. The molecule has 25 heavy (non-hydrogen) atoms. The largest absolute Gasteiger partial charge is 0.414 e. The van der Waals surface area contributed by atoms with Crippen molar-refractivity contribution in [3.8, 4) is 16.9 Å². The predicted molar refractivity (Wildman–Crippen MR) is 97.4 cm³/mol. The van der Waals surface area contributed by atoms with Crippen LogP contribution in [0.1, 0.15) is 5.69 Å². The van der Waals surface area contributed by atoms with Crippen molar-refractivity contribution in [2.75, 3.05) is 14.1 Å². The highest BCUT2D eigenvalue weighted by Gasteiger charge is 2.17. The fourth-order valence-corrected chi connectivity index (χ4v) is 2.12. The number of nitrogens with zero attached hydrogens (tertiary/aromatic N) is 3. The Morgan fingerprint density at radius 2 is 1.96 bits per heavy atom. The summed E-state index contributed by atoms with van der Waals surface area (Å²) in [5.41, 5.74) is 8.79. The van der Waals surface area contributed by atoms with Crippen LogP contribution in [-0.2, 0) is 0 Å². The van der Waals surface area contributed by atoms with Crippen LogP contribution in [0.25, 0.3) is 11.1 Å². The van der Waals surface area contributed by atoms with Crippen molar-refractivity contribution in [2.45, 2.75) is 0 Å². The highest BCUT2D eigenvalue weighted by Crippen LogP contribution is 2.32. The van der Waals surface area contributed by atoms with Crippen molar-refractivity contribution < 1.29 is 14.3 Å². The number of ether oxygens (including phenoxy) is 1. The summed E-state index contributed by atoms with van der Waals surface area (Å²) in [5.74, 6) is 0.221. The number of hydrogen-bond acceptors (Lipinski definition) is 5. The number of rotatable bonds is 4. The van der Waals surface area contributed by atoms with Gasteiger partial charge in [-0.05, 0) is 23.8 Å². The minimum absolute atomic E-state index is 0.221. The zero-order chi connectivity index (χ0) is 18.4. The van der Waals surface area contributed by atoms with E-state index in [1.54, 1.807) is 26.4 Å². The molecule has 2 rings (SSSR count). The number of hydrazone groups is 1. The molecular formula is C16H16BrN5O3. The Morgan fingerprint density at radius 1 is 1.28 bits per heavy atom. The van der Waals surface area contributed by atoms with Gasteiger partial charge in [0.05, 0.1) is 6.21 Å². The summed E-state index contributed by atoms with van der Waals surface area (Å²) >= 11 is 3.38. The molecule has 0 aliphatic heterocycles. The van der Waals surface area contributed by atoms with E-state index in [2.05, 4.69) is 31.4 Å². The van der Waals surface area contributed by atoms with E-state index in [1.807, 2.05) is 24.3 Å². The summed E-state index contributed by atoms with van der Waals surface area (Å²) in [6.45, 7) is 0. The maximum atomic E-state index is 12.0. The number of nitrogens with two attached hydrogens (primary N) is 1. The molecule has 1 aromatic carbocycles. The van der Waals surface area contributed by atoms with Crippen LogP contribution >= 0.6 is 15.9 Å². The Balaban J connectivity index is 2.50. The van der Waals surface area contributed by atoms with E-state index in [9.17, 15) is 9.59 Å². The topological polar surface area (TPSA) is 110 Å². The van der Waals surface area contributed by atoms with Crippen molar-refractivity contribution in [1.29, 1.82) is 0 Å². The average molecular weight is 406 g/mol. The van der Waals surface area contributed by atoms with Crippen molar-refractivity contribution >= 4 is 34.3 Å². The molecule has 0 aliphatic carbocycles. The predicted octanol–water partition coefficient (Wildman–Crippen LogP) is 2.57. The summed E-state index contributed by atoms with van der Waals surface area (Å²) < 4.78 is 6.38. The fraction of sp³-hybridized carbons (Fsp3) is 0.125. The average Bonchev–Trinajstić information content (AvgIpc) is 2.56. The minimum atomic E-state index is -0.813. The lowest BCUT2D eigenvalue weighted by Crippen LogP contribution is -2.26. The zero-order valence-electron chi connectivity index (χ0n) is 13.6. The third-order valence-electron chi connectivity index (χ3n) is 3.00. The molecule has 0 unspecified atom stereocenters. The van der Waals surface area contributed by atoms with Crippen LogP contribution in [0.3, 0.4) is 0 Å². The Hall–Kier alpha value is -2.94. The first kappa shape index (κ1) is 18.4. The molecule has 0 bridgehead atoms. The van der Waals surface area contributed by atoms with Gasteiger partial charge in [0, 0.05) is 30.3 Å². The van der Waals surface area contributed by atoms with E-state index in [0.717, 1.165) is 10.0 Å². The summed E-state index contributed by atoms with van der Waals surface area (Å²) in [7, 11) is 3.14. The van der Waals surface area contributed by atoms with Gasteiger partial charge in [0.25, 0.3) is 0 Å². The molecular weight excluding hydrogens is 390 g/mol. The standard InChI is InChI=1S/C16H16BrN5O3/c1-22(2)16(24)25-14-12(10-3-5-11(17)6-4-10)7-8-19-13(14)9-20-21-15(18)23/h3-9H,1-2H3,(H3,18,21,23). The highest BCUT2D eigenvalue weighted by molar-refractivity contribution is 9.10. The monoisotopic (exact) mass is 405 g/mol. The number of carbonyl (C=O) groups excluding carboxylic acids is 2. The molecule has 0 spiro atoms. The SMILES string of the molecule is CN(C)C(=O)Oc1c(-c2ccc(Br)cc2)ccnc1C=NNC(N)=O. The van der Waals surface area contributed by atoms with Gasteiger partial charge in [-0.15, -0.1) is 0 Å². The molecule has 1 heterocycles. The maximum absolute atomic E-state index is 12.0. The number of aromatic nitrogens is 1. The van der Waals surface area contributed by atoms with E-state index in [1.165, 1.54) is 11.1 Å². The van der Waals surface area contributed by atoms with Crippen LogP contribution in [0.4, 0.5) is 9.59 Å². The van der Waals surface area contributed by atoms with Crippen molar-refractivity contribution in [2.24, 2.45) is 10.8 Å². The second-order valence-corrected chi connectivity index (χ2v) is 5.99. The number of primary amides is 1. The van der Waals surface area contributed by atoms with E-state index >= 15 is 0 Å². The second kappa shape index (κ2) is 8.25. The van der Waals surface area contributed by atoms with E-state index in [0.29, 0.717) is 5.56 Å². The second-order valence-electron chi connectivity index (χ2n) is 5.08. The molecule has 3 N–H and O–H groups in total. The summed E-state index contributed by atoms with van der Waals surface area (Å²) in [6.07, 6.45) is 2.24. The third kappa shape index (κ3) is 5.01. The number of pyridine rings is 1. The number of halogens is 1. The molecule has 130 valence electrons. The van der Waals surface area contributed by atoms with Crippen LogP contribution in [0.15, 0.2) is 46.1 Å². The molecule has 0 fully saturated rings. The van der Waals surface area contributed by atoms with Crippen LogP contribution in [0.2, 0.25) is 0 Å². The molecule has 2 aromatic rings. The number of urea groups is 1. The molecule has 0 saturated carbocycles. The van der Waals surface area contributed by atoms with Crippen LogP contribution in [0.5, 0.6) is 5.75 Å². The molecule has 8 nitrogen and oxygen atoms in total. The number of carbonyl (C=O) groups is 2. The maximum Gasteiger partial charge on any atom is 0.414 e. The lowest BCUT2D eigenvalue weighted by molar-refractivity contribution is 0.172. The van der Waals surface area contributed by atoms with Gasteiger partial charge in [-0.1, -0.05) is 28.1 Å². The third-order valence-corrected chi connectivity index (χ3v) is 3.53. The Morgan fingerprint density at radius 3 is 2.56 bits per heavy atom. The first-order chi connectivity index (χ1) is 11.9. The number of hydrogen-bond donors (Lipinski definition) is 2. The molecule has 0 aliphatic rings. The van der Waals surface area contributed by atoms with Crippen LogP contribution in [-0.4, -0.2) is 42.3 Å². The van der Waals surface area contributed by atoms with E-state index in [-0.39, 0.29) is 11.4 Å². The Labute approximate surface area is 152 Å². The molecule has 9 heteroatoms. The smallest absolute Gasteiger partial charge is 0.407 e. The normalized spacial score (nSPS) is 10.5. The summed E-state index contributed by atoms with van der Waals surface area (Å²) in [5, 5.41) is 3.68. The van der Waals surface area contributed by atoms with Crippen LogP contribution in [0, 0.1) is 0 Å². The molecule has 0 radical (unpaired) electrons. The first-order valence-electron chi connectivity index (χ1n) is 7.11. The van der Waals surface area contributed by atoms with Gasteiger partial charge >= 0.3 is 12.1 Å². The number of amides is 3. The van der Waals surface area contributed by atoms with Gasteiger partial charge in [-0.2, -0.15) is 5.10 Å². The van der Waals surface area contributed by atoms with Crippen molar-refractivity contribution in [3.05, 3.63) is 46.7 Å². The zero-order valence-corrected chi connectivity index (χ0v) is 15.1. The quantitative estimate of drug-likeness (QED) is 0.601. The van der Waals surface area contributed by atoms with Gasteiger partial charge in [-0.25, -0.2) is 15.0 Å². The molecule has 1 aromatic heterocycles. The van der Waals surface area contributed by atoms with E-state index < -0.39 is 12.1 Å². The minimum Gasteiger partial charge on any atom is -0.407 e. The van der Waals surface area contributed by atoms with Crippen LogP contribution < -0.4 is 15.9 Å². The number of nitrogens with one attached hydrogen (secondary N) is 1. The Bertz CT molecular complexity index is 806. The van der Waals surface area contributed by atoms with Gasteiger partial charge in [0.2, 0.25) is 0 Å². The Kier molecular flexibility index (Phi) is 6.07. The first-order valence-corrected chi connectivity index (χ1v) is 7.90. The van der Waals surface area contributed by atoms with Gasteiger partial charge in [0.1, 0.15) is 5.69 Å². The lowest BCUT2D eigenvalue weighted by atomic mass is 10.1. The van der Waals surface area contributed by atoms with Crippen molar-refractivity contribution in [3.63, 3.8) is 0 Å². The van der Waals surface area contributed by atoms with Gasteiger partial charge in [0.15, 0.2) is 5.75 Å². The summed E-state index contributed by atoms with van der Waals surface area (Å²) in [4.78, 5) is 28.2. The highest BCUT2D eigenvalue weighted by atomic mass is 79.9. The van der Waals surface area contributed by atoms with Gasteiger partial charge < -0.3 is 15.4 Å². The fourth-order valence-electron chi connectivity index (χ4n) is 1.86. The number of benzene rings is 1. The molecule has 0 saturated heterocycles. The molecule has 0 atom stereocenters. The molecule has 3 amide bonds. The van der Waals surface area contributed by atoms with Crippen molar-refractivity contribution in [1.82, 2.24) is 15.3 Å². The van der Waals surface area contributed by atoms with E-state index in [4.69, 9.17) is 10.5 Å².